The number of halogens is 1. The van der Waals surface area contributed by atoms with E-state index >= 15 is 0 Å². The topological polar surface area (TPSA) is 73.0 Å². The molecule has 3 rings (SSSR count). The van der Waals surface area contributed by atoms with E-state index in [2.05, 4.69) is 0 Å². The van der Waals surface area contributed by atoms with Crippen LogP contribution in [0, 0.1) is 5.82 Å². The summed E-state index contributed by atoms with van der Waals surface area (Å²) < 4.78 is 38.9. The van der Waals surface area contributed by atoms with Crippen LogP contribution in [-0.4, -0.2) is 21.7 Å². The van der Waals surface area contributed by atoms with E-state index < -0.39 is 16.8 Å². The van der Waals surface area contributed by atoms with E-state index in [1.54, 1.807) is 34.6 Å². The number of hydrogen-bond donors (Lipinski definition) is 3. The Balaban J connectivity index is 2.16. The highest BCUT2D eigenvalue weighted by Crippen LogP contribution is 2.65. The van der Waals surface area contributed by atoms with Crippen LogP contribution < -0.4 is 14.3 Å². The SMILES string of the molecule is CC(CCN)N1c2ccccc2N(c2ccccc2F)S1(O)O. The average molecular weight is 337 g/mol. The van der Waals surface area contributed by atoms with Crippen molar-refractivity contribution >= 4 is 28.0 Å². The maximum absolute atomic E-state index is 14.3. The van der Waals surface area contributed by atoms with Crippen molar-refractivity contribution in [2.45, 2.75) is 19.4 Å². The minimum absolute atomic E-state index is 0.141. The molecule has 0 saturated heterocycles. The summed E-state index contributed by atoms with van der Waals surface area (Å²) in [6.45, 7) is 2.30. The molecule has 0 fully saturated rings. The molecule has 1 heterocycles. The number of nitrogens with two attached hydrogens (primary N) is 1. The van der Waals surface area contributed by atoms with Crippen molar-refractivity contribution in [2.24, 2.45) is 5.73 Å². The minimum atomic E-state index is -3.41. The molecule has 0 aliphatic carbocycles. The monoisotopic (exact) mass is 337 g/mol. The Morgan fingerprint density at radius 1 is 1.04 bits per heavy atom. The van der Waals surface area contributed by atoms with E-state index in [9.17, 15) is 13.5 Å². The lowest BCUT2D eigenvalue weighted by Gasteiger charge is -2.46. The third kappa shape index (κ3) is 2.55. The molecule has 0 spiro atoms. The number of fused-ring (bicyclic) bond motifs is 1. The van der Waals surface area contributed by atoms with Crippen molar-refractivity contribution in [3.05, 3.63) is 54.3 Å². The maximum Gasteiger partial charge on any atom is 0.148 e. The lowest BCUT2D eigenvalue weighted by atomic mass is 10.2. The third-order valence-electron chi connectivity index (χ3n) is 3.90. The highest BCUT2D eigenvalue weighted by atomic mass is 32.3. The van der Waals surface area contributed by atoms with E-state index in [1.165, 1.54) is 16.4 Å². The zero-order valence-electron chi connectivity index (χ0n) is 12.8. The third-order valence-corrected chi connectivity index (χ3v) is 5.87. The summed E-state index contributed by atoms with van der Waals surface area (Å²) in [6, 6.07) is 13.1. The summed E-state index contributed by atoms with van der Waals surface area (Å²) in [5.41, 5.74) is 7.00. The first-order chi connectivity index (χ1) is 11.0. The zero-order valence-corrected chi connectivity index (χ0v) is 13.6. The molecule has 4 N–H and O–H groups in total. The normalized spacial score (nSPS) is 18.7. The van der Waals surface area contributed by atoms with Gasteiger partial charge in [-0.1, -0.05) is 24.3 Å². The molecule has 124 valence electrons. The van der Waals surface area contributed by atoms with Gasteiger partial charge in [0.05, 0.1) is 17.4 Å². The second-order valence-electron chi connectivity index (χ2n) is 5.48. The molecule has 23 heavy (non-hydrogen) atoms. The number of para-hydroxylation sites is 3. The molecule has 1 unspecified atom stereocenters. The molecule has 1 atom stereocenters. The quantitative estimate of drug-likeness (QED) is 0.783. The minimum Gasteiger partial charge on any atom is -0.330 e. The first-order valence-electron chi connectivity index (χ1n) is 7.40. The molecule has 7 heteroatoms. The number of anilines is 3. The standard InChI is InChI=1S/C16H20FN3O2S/c1-12(10-11-18)19-15-8-4-5-9-16(15)20(23(19,21)22)14-7-3-2-6-13(14)17/h2-9,12,21-22H,10-11,18H2,1H3. The Labute approximate surface area is 136 Å². The van der Waals surface area contributed by atoms with E-state index in [-0.39, 0.29) is 11.7 Å². The van der Waals surface area contributed by atoms with Gasteiger partial charge in [-0.2, -0.15) is 0 Å². The van der Waals surface area contributed by atoms with Crippen LogP contribution in [0.25, 0.3) is 0 Å². The van der Waals surface area contributed by atoms with Crippen molar-refractivity contribution in [1.29, 1.82) is 0 Å². The summed E-state index contributed by atoms with van der Waals surface area (Å²) in [5.74, 6) is -0.504. The van der Waals surface area contributed by atoms with Crippen molar-refractivity contribution < 1.29 is 13.5 Å². The van der Waals surface area contributed by atoms with Gasteiger partial charge < -0.3 is 5.73 Å². The summed E-state index contributed by atoms with van der Waals surface area (Å²) >= 11 is 0. The van der Waals surface area contributed by atoms with Gasteiger partial charge in [-0.05, 0) is 55.1 Å². The second-order valence-corrected chi connectivity index (χ2v) is 7.21. The van der Waals surface area contributed by atoms with Gasteiger partial charge in [0, 0.05) is 0 Å². The summed E-state index contributed by atoms with van der Waals surface area (Å²) in [7, 11) is -3.41. The molecule has 5 nitrogen and oxygen atoms in total. The van der Waals surface area contributed by atoms with Crippen molar-refractivity contribution in [2.75, 3.05) is 15.2 Å². The highest BCUT2D eigenvalue weighted by molar-refractivity contribution is 8.27. The van der Waals surface area contributed by atoms with Crippen LogP contribution in [0.5, 0.6) is 0 Å². The first kappa shape index (κ1) is 16.1. The highest BCUT2D eigenvalue weighted by Gasteiger charge is 2.44. The van der Waals surface area contributed by atoms with Crippen LogP contribution in [0.15, 0.2) is 48.5 Å². The van der Waals surface area contributed by atoms with Gasteiger partial charge in [0.15, 0.2) is 0 Å². The van der Waals surface area contributed by atoms with Gasteiger partial charge in [-0.25, -0.2) is 13.0 Å². The number of nitrogens with zero attached hydrogens (tertiary/aromatic N) is 2. The largest absolute Gasteiger partial charge is 0.330 e. The van der Waals surface area contributed by atoms with Crippen LogP contribution in [0.3, 0.4) is 0 Å². The molecule has 0 amide bonds. The molecule has 1 aliphatic heterocycles. The van der Waals surface area contributed by atoms with E-state index in [0.29, 0.717) is 24.3 Å². The summed E-state index contributed by atoms with van der Waals surface area (Å²) in [6.07, 6.45) is 0.593. The zero-order chi connectivity index (χ0) is 16.6. The molecule has 1 aliphatic rings. The predicted molar refractivity (Wildman–Crippen MR) is 93.4 cm³/mol. The summed E-state index contributed by atoms with van der Waals surface area (Å²) in [5, 5.41) is 0. The number of rotatable bonds is 4. The van der Waals surface area contributed by atoms with Crippen LogP contribution >= 0.6 is 11.0 Å². The van der Waals surface area contributed by atoms with Gasteiger partial charge in [0.1, 0.15) is 11.5 Å². The Morgan fingerprint density at radius 2 is 1.61 bits per heavy atom. The van der Waals surface area contributed by atoms with Crippen LogP contribution in [0.2, 0.25) is 0 Å². The van der Waals surface area contributed by atoms with Gasteiger partial charge in [-0.3, -0.25) is 9.11 Å². The molecule has 0 aromatic heterocycles. The lowest BCUT2D eigenvalue weighted by molar-refractivity contribution is 0.473. The second kappa shape index (κ2) is 6.01. The fourth-order valence-corrected chi connectivity index (χ4v) is 4.90. The van der Waals surface area contributed by atoms with Crippen molar-refractivity contribution in [1.82, 2.24) is 0 Å². The van der Waals surface area contributed by atoms with Crippen LogP contribution in [-0.2, 0) is 0 Å². The Bertz CT molecular complexity index is 713. The fraction of sp³-hybridized carbons (Fsp3) is 0.250. The summed E-state index contributed by atoms with van der Waals surface area (Å²) in [4.78, 5) is 0. The van der Waals surface area contributed by atoms with Crippen molar-refractivity contribution in [3.8, 4) is 0 Å². The fourth-order valence-electron chi connectivity index (χ4n) is 2.89. The maximum atomic E-state index is 14.3. The molecule has 2 aromatic rings. The molecule has 0 saturated carbocycles. The first-order valence-corrected chi connectivity index (χ1v) is 8.86. The van der Waals surface area contributed by atoms with Gasteiger partial charge >= 0.3 is 0 Å². The Hall–Kier alpha value is -1.80. The van der Waals surface area contributed by atoms with E-state index in [0.717, 1.165) is 0 Å². The molecule has 2 aromatic carbocycles. The smallest absolute Gasteiger partial charge is 0.148 e. The van der Waals surface area contributed by atoms with Crippen molar-refractivity contribution in [3.63, 3.8) is 0 Å². The molecule has 0 bridgehead atoms. The van der Waals surface area contributed by atoms with Gasteiger partial charge in [0.25, 0.3) is 0 Å². The Kier molecular flexibility index (Phi) is 4.20. The molecular formula is C16H20FN3O2S. The molecular weight excluding hydrogens is 317 g/mol. The van der Waals surface area contributed by atoms with E-state index in [1.807, 2.05) is 13.0 Å². The van der Waals surface area contributed by atoms with E-state index in [4.69, 9.17) is 5.73 Å². The van der Waals surface area contributed by atoms with Gasteiger partial charge in [0.2, 0.25) is 0 Å². The average Bonchev–Trinajstić information content (AvgIpc) is 2.74. The Morgan fingerprint density at radius 3 is 2.22 bits per heavy atom. The predicted octanol–water partition coefficient (Wildman–Crippen LogP) is 4.10. The van der Waals surface area contributed by atoms with Gasteiger partial charge in [-0.15, -0.1) is 0 Å². The lowest BCUT2D eigenvalue weighted by Crippen LogP contribution is -2.38. The van der Waals surface area contributed by atoms with Crippen LogP contribution in [0.1, 0.15) is 13.3 Å². The van der Waals surface area contributed by atoms with Crippen LogP contribution in [0.4, 0.5) is 21.5 Å². The number of hydrogen-bond acceptors (Lipinski definition) is 5. The molecule has 0 radical (unpaired) electrons. The number of benzene rings is 2.